The molecule has 0 unspecified atom stereocenters. The van der Waals surface area contributed by atoms with Gasteiger partial charge in [0.2, 0.25) is 0 Å². The Bertz CT molecular complexity index is 459. The topological polar surface area (TPSA) is 45.4 Å². The predicted molar refractivity (Wildman–Crippen MR) is 86.2 cm³/mol. The Labute approximate surface area is 126 Å². The van der Waals surface area contributed by atoms with Gasteiger partial charge in [-0.25, -0.2) is 0 Å². The lowest BCUT2D eigenvalue weighted by Gasteiger charge is -2.39. The first-order valence-electron chi connectivity index (χ1n) is 7.49. The molecule has 4 nitrogen and oxygen atoms in total. The molecule has 2 N–H and O–H groups in total. The molecule has 0 bridgehead atoms. The zero-order valence-corrected chi connectivity index (χ0v) is 12.6. The van der Waals surface area contributed by atoms with Gasteiger partial charge in [-0.2, -0.15) is 0 Å². The van der Waals surface area contributed by atoms with E-state index >= 15 is 0 Å². The fraction of sp³-hybridized carbons (Fsp3) is 0.600. The minimum absolute atomic E-state index is 0.364. The summed E-state index contributed by atoms with van der Waals surface area (Å²) in [7, 11) is 0. The first kappa shape index (κ1) is 13.8. The number of rotatable bonds is 3. The number of thiocarbonyl (C=S) groups is 1. The Morgan fingerprint density at radius 2 is 1.85 bits per heavy atom. The van der Waals surface area contributed by atoms with Crippen molar-refractivity contribution in [2.24, 2.45) is 5.73 Å². The molecule has 0 aromatic carbocycles. The summed E-state index contributed by atoms with van der Waals surface area (Å²) < 4.78 is 0. The normalized spacial score (nSPS) is 21.3. The fourth-order valence-corrected chi connectivity index (χ4v) is 3.45. The maximum absolute atomic E-state index is 5.58. The van der Waals surface area contributed by atoms with E-state index in [2.05, 4.69) is 20.9 Å². The standard InChI is InChI=1S/C15H22N4S/c16-15(20)14-6-5-13(11-17-14)19-9-7-18(8-10-19)12-3-1-2-4-12/h5-6,11-12H,1-4,7-10H2,(H2,16,20). The van der Waals surface area contributed by atoms with Crippen molar-refractivity contribution in [2.75, 3.05) is 31.1 Å². The average molecular weight is 290 g/mol. The highest BCUT2D eigenvalue weighted by Crippen LogP contribution is 2.25. The number of pyridine rings is 1. The SMILES string of the molecule is NC(=S)c1ccc(N2CCN(C3CCCC3)CC2)cn1. The molecule has 1 aliphatic heterocycles. The second-order valence-electron chi connectivity index (χ2n) is 5.73. The van der Waals surface area contributed by atoms with Crippen LogP contribution in [0.5, 0.6) is 0 Å². The summed E-state index contributed by atoms with van der Waals surface area (Å²) in [6, 6.07) is 4.83. The van der Waals surface area contributed by atoms with Gasteiger partial charge < -0.3 is 10.6 Å². The number of nitrogens with two attached hydrogens (primary N) is 1. The van der Waals surface area contributed by atoms with Crippen molar-refractivity contribution in [1.82, 2.24) is 9.88 Å². The van der Waals surface area contributed by atoms with E-state index in [9.17, 15) is 0 Å². The predicted octanol–water partition coefficient (Wildman–Crippen LogP) is 1.78. The zero-order chi connectivity index (χ0) is 13.9. The molecule has 0 atom stereocenters. The highest BCUT2D eigenvalue weighted by molar-refractivity contribution is 7.80. The third-order valence-electron chi connectivity index (χ3n) is 4.52. The zero-order valence-electron chi connectivity index (χ0n) is 11.8. The van der Waals surface area contributed by atoms with Crippen molar-refractivity contribution < 1.29 is 0 Å². The van der Waals surface area contributed by atoms with Crippen molar-refractivity contribution in [1.29, 1.82) is 0 Å². The van der Waals surface area contributed by atoms with E-state index in [0.717, 1.165) is 19.1 Å². The van der Waals surface area contributed by atoms with E-state index in [4.69, 9.17) is 18.0 Å². The monoisotopic (exact) mass is 290 g/mol. The lowest BCUT2D eigenvalue weighted by molar-refractivity contribution is 0.187. The molecule has 2 heterocycles. The summed E-state index contributed by atoms with van der Waals surface area (Å²) in [5.41, 5.74) is 7.46. The summed E-state index contributed by atoms with van der Waals surface area (Å²) in [5, 5.41) is 0. The number of hydrogen-bond acceptors (Lipinski definition) is 4. The number of anilines is 1. The molecule has 3 rings (SSSR count). The minimum atomic E-state index is 0.364. The van der Waals surface area contributed by atoms with Gasteiger partial charge in [-0.1, -0.05) is 25.1 Å². The molecule has 1 aliphatic carbocycles. The van der Waals surface area contributed by atoms with Gasteiger partial charge in [0.25, 0.3) is 0 Å². The summed E-state index contributed by atoms with van der Waals surface area (Å²) >= 11 is 4.93. The van der Waals surface area contributed by atoms with Gasteiger partial charge in [-0.3, -0.25) is 9.88 Å². The van der Waals surface area contributed by atoms with Crippen LogP contribution >= 0.6 is 12.2 Å². The molecular formula is C15H22N4S. The van der Waals surface area contributed by atoms with Crippen LogP contribution in [0, 0.1) is 0 Å². The Morgan fingerprint density at radius 1 is 1.15 bits per heavy atom. The molecule has 20 heavy (non-hydrogen) atoms. The number of hydrogen-bond donors (Lipinski definition) is 1. The van der Waals surface area contributed by atoms with Gasteiger partial charge in [0.1, 0.15) is 4.99 Å². The van der Waals surface area contributed by atoms with Crippen LogP contribution in [0.15, 0.2) is 18.3 Å². The summed E-state index contributed by atoms with van der Waals surface area (Å²) in [6.45, 7) is 4.51. The Balaban J connectivity index is 1.58. The van der Waals surface area contributed by atoms with Gasteiger partial charge in [-0.05, 0) is 25.0 Å². The van der Waals surface area contributed by atoms with E-state index in [-0.39, 0.29) is 0 Å². The Kier molecular flexibility index (Phi) is 4.17. The molecule has 0 amide bonds. The Hall–Kier alpha value is -1.20. The molecule has 0 spiro atoms. The third kappa shape index (κ3) is 2.94. The molecule has 1 saturated heterocycles. The highest BCUT2D eigenvalue weighted by atomic mass is 32.1. The molecule has 1 aromatic rings. The molecule has 2 aliphatic rings. The molecule has 1 saturated carbocycles. The van der Waals surface area contributed by atoms with E-state index in [1.165, 1.54) is 44.5 Å². The molecule has 2 fully saturated rings. The van der Waals surface area contributed by atoms with Crippen LogP contribution in [-0.2, 0) is 0 Å². The van der Waals surface area contributed by atoms with E-state index in [1.807, 2.05) is 12.3 Å². The van der Waals surface area contributed by atoms with Crippen LogP contribution in [0.4, 0.5) is 5.69 Å². The average Bonchev–Trinajstić information content (AvgIpc) is 3.02. The highest BCUT2D eigenvalue weighted by Gasteiger charge is 2.26. The van der Waals surface area contributed by atoms with Gasteiger partial charge in [0.05, 0.1) is 17.6 Å². The van der Waals surface area contributed by atoms with Crippen LogP contribution < -0.4 is 10.6 Å². The fourth-order valence-electron chi connectivity index (χ4n) is 3.33. The maximum atomic E-state index is 5.58. The van der Waals surface area contributed by atoms with E-state index in [0.29, 0.717) is 10.7 Å². The first-order chi connectivity index (χ1) is 9.74. The molecule has 108 valence electrons. The summed E-state index contributed by atoms with van der Waals surface area (Å²) in [4.78, 5) is 9.76. The minimum Gasteiger partial charge on any atom is -0.388 e. The van der Waals surface area contributed by atoms with Crippen LogP contribution in [0.2, 0.25) is 0 Å². The molecule has 1 aromatic heterocycles. The van der Waals surface area contributed by atoms with Crippen LogP contribution in [-0.4, -0.2) is 47.1 Å². The van der Waals surface area contributed by atoms with Gasteiger partial charge >= 0.3 is 0 Å². The second kappa shape index (κ2) is 6.06. The number of piperazine rings is 1. The largest absolute Gasteiger partial charge is 0.388 e. The van der Waals surface area contributed by atoms with E-state index in [1.54, 1.807) is 0 Å². The van der Waals surface area contributed by atoms with Gasteiger partial charge in [-0.15, -0.1) is 0 Å². The molecule has 0 radical (unpaired) electrons. The van der Waals surface area contributed by atoms with Crippen LogP contribution in [0.3, 0.4) is 0 Å². The van der Waals surface area contributed by atoms with Crippen LogP contribution in [0.25, 0.3) is 0 Å². The van der Waals surface area contributed by atoms with Gasteiger partial charge in [0.15, 0.2) is 0 Å². The summed E-state index contributed by atoms with van der Waals surface area (Å²) in [6.07, 6.45) is 7.50. The van der Waals surface area contributed by atoms with Gasteiger partial charge in [0, 0.05) is 32.2 Å². The van der Waals surface area contributed by atoms with Crippen LogP contribution in [0.1, 0.15) is 31.4 Å². The third-order valence-corrected chi connectivity index (χ3v) is 4.73. The van der Waals surface area contributed by atoms with Crippen molar-refractivity contribution in [2.45, 2.75) is 31.7 Å². The summed E-state index contributed by atoms with van der Waals surface area (Å²) in [5.74, 6) is 0. The van der Waals surface area contributed by atoms with E-state index < -0.39 is 0 Å². The number of aromatic nitrogens is 1. The smallest absolute Gasteiger partial charge is 0.122 e. The second-order valence-corrected chi connectivity index (χ2v) is 6.17. The molecule has 5 heteroatoms. The number of nitrogens with zero attached hydrogens (tertiary/aromatic N) is 3. The van der Waals surface area contributed by atoms with Crippen molar-refractivity contribution in [3.8, 4) is 0 Å². The van der Waals surface area contributed by atoms with Crippen molar-refractivity contribution in [3.63, 3.8) is 0 Å². The molecular weight excluding hydrogens is 268 g/mol. The Morgan fingerprint density at radius 3 is 2.40 bits per heavy atom. The van der Waals surface area contributed by atoms with Crippen molar-refractivity contribution >= 4 is 22.9 Å². The lowest BCUT2D eigenvalue weighted by atomic mass is 10.1. The van der Waals surface area contributed by atoms with Crippen molar-refractivity contribution in [3.05, 3.63) is 24.0 Å². The lowest BCUT2D eigenvalue weighted by Crippen LogP contribution is -2.49. The quantitative estimate of drug-likeness (QED) is 0.860. The first-order valence-corrected chi connectivity index (χ1v) is 7.90. The maximum Gasteiger partial charge on any atom is 0.122 e.